The van der Waals surface area contributed by atoms with Gasteiger partial charge in [0.15, 0.2) is 11.6 Å². The number of rotatable bonds is 5. The van der Waals surface area contributed by atoms with Crippen molar-refractivity contribution in [2.45, 2.75) is 77.4 Å². The van der Waals surface area contributed by atoms with E-state index >= 15 is 0 Å². The van der Waals surface area contributed by atoms with Crippen molar-refractivity contribution in [2.75, 3.05) is 13.6 Å². The van der Waals surface area contributed by atoms with Crippen LogP contribution in [0.25, 0.3) is 22.0 Å². The second-order valence-corrected chi connectivity index (χ2v) is 14.6. The molecular formula is C37H37BrFN7O4. The molecule has 3 aromatic heterocycles. The second kappa shape index (κ2) is 13.2. The minimum Gasteiger partial charge on any atom is -0.345 e. The summed E-state index contributed by atoms with van der Waals surface area (Å²) in [7, 11) is 1.78. The van der Waals surface area contributed by atoms with E-state index in [4.69, 9.17) is 5.10 Å². The van der Waals surface area contributed by atoms with Crippen LogP contribution in [0.1, 0.15) is 66.6 Å². The Bertz CT molecular complexity index is 2060. The SMILES string of the molecule is CC(=O)c1nn2c3c(cc(-c4cnc(C)nc4)cc13)C/C=C/CCCC(=O)N(C)C[C@@]13C[C@@H](C(=O)Cc4cc(F)cc(Br)n4)N(C(=O)C2)[C@@H]1C3. The Labute approximate surface area is 297 Å². The molecule has 1 saturated heterocycles. The highest BCUT2D eigenvalue weighted by molar-refractivity contribution is 9.10. The van der Waals surface area contributed by atoms with E-state index < -0.39 is 17.3 Å². The fourth-order valence-corrected chi connectivity index (χ4v) is 8.14. The highest BCUT2D eigenvalue weighted by Crippen LogP contribution is 2.60. The fourth-order valence-electron chi connectivity index (χ4n) is 7.70. The number of aryl methyl sites for hydroxylation is 1. The smallest absolute Gasteiger partial charge is 0.245 e. The molecule has 5 heterocycles. The number of allylic oxidation sites excluding steroid dienone is 2. The van der Waals surface area contributed by atoms with Gasteiger partial charge >= 0.3 is 0 Å². The average molecular weight is 743 g/mol. The van der Waals surface area contributed by atoms with Gasteiger partial charge in [-0.15, -0.1) is 0 Å². The van der Waals surface area contributed by atoms with Gasteiger partial charge in [0, 0.05) is 67.8 Å². The molecule has 2 aliphatic heterocycles. The number of carbonyl (C=O) groups is 4. The van der Waals surface area contributed by atoms with Gasteiger partial charge in [-0.05, 0) is 84.3 Å². The van der Waals surface area contributed by atoms with Crippen molar-refractivity contribution < 1.29 is 23.6 Å². The van der Waals surface area contributed by atoms with E-state index in [1.165, 1.54) is 19.1 Å². The predicted octanol–water partition coefficient (Wildman–Crippen LogP) is 5.21. The van der Waals surface area contributed by atoms with Crippen LogP contribution >= 0.6 is 15.9 Å². The van der Waals surface area contributed by atoms with Gasteiger partial charge in [-0.3, -0.25) is 23.9 Å². The van der Waals surface area contributed by atoms with Gasteiger partial charge in [-0.2, -0.15) is 5.10 Å². The monoisotopic (exact) mass is 741 g/mol. The summed E-state index contributed by atoms with van der Waals surface area (Å²) in [6.07, 6.45) is 10.8. The Morgan fingerprint density at radius 1 is 1.04 bits per heavy atom. The molecule has 0 radical (unpaired) electrons. The van der Waals surface area contributed by atoms with Crippen LogP contribution in [0.15, 0.2) is 53.4 Å². The summed E-state index contributed by atoms with van der Waals surface area (Å²) < 4.78 is 16.1. The Hall–Kier alpha value is -4.65. The topological polar surface area (TPSA) is 131 Å². The number of hydrogen-bond acceptors (Lipinski definition) is 8. The van der Waals surface area contributed by atoms with Crippen LogP contribution in [0.4, 0.5) is 4.39 Å². The molecule has 7 rings (SSSR count). The Balaban J connectivity index is 1.31. The van der Waals surface area contributed by atoms with Crippen LogP contribution in [-0.2, 0) is 33.8 Å². The van der Waals surface area contributed by atoms with Gasteiger partial charge in [0.1, 0.15) is 28.5 Å². The lowest BCUT2D eigenvalue weighted by Gasteiger charge is -2.27. The number of halogens is 2. The number of amides is 2. The summed E-state index contributed by atoms with van der Waals surface area (Å²) in [6, 6.07) is 5.33. The molecule has 2 bridgehead atoms. The lowest BCUT2D eigenvalue weighted by Crippen LogP contribution is -2.45. The Morgan fingerprint density at radius 3 is 2.56 bits per heavy atom. The average Bonchev–Trinajstić information content (AvgIpc) is 3.45. The molecule has 2 fully saturated rings. The molecule has 2 amide bonds. The van der Waals surface area contributed by atoms with Gasteiger partial charge in [-0.25, -0.2) is 19.3 Å². The van der Waals surface area contributed by atoms with Crippen molar-refractivity contribution in [3.63, 3.8) is 0 Å². The first-order valence-corrected chi connectivity index (χ1v) is 17.6. The molecule has 3 atom stereocenters. The van der Waals surface area contributed by atoms with Crippen molar-refractivity contribution in [2.24, 2.45) is 5.41 Å². The largest absolute Gasteiger partial charge is 0.345 e. The number of nitrogens with zero attached hydrogens (tertiary/aromatic N) is 7. The fraction of sp³-hybridized carbons (Fsp3) is 0.405. The minimum atomic E-state index is -0.780. The molecular weight excluding hydrogens is 705 g/mol. The van der Waals surface area contributed by atoms with Crippen molar-refractivity contribution in [1.82, 2.24) is 34.5 Å². The third kappa shape index (κ3) is 6.50. The highest BCUT2D eigenvalue weighted by atomic mass is 79.9. The van der Waals surface area contributed by atoms with Gasteiger partial charge in [0.25, 0.3) is 0 Å². The molecule has 11 nitrogen and oxygen atoms in total. The van der Waals surface area contributed by atoms with Crippen molar-refractivity contribution in [3.8, 4) is 11.1 Å². The number of Topliss-reactive ketones (excluding diaryl/α,β-unsaturated/α-hetero) is 2. The quantitative estimate of drug-likeness (QED) is 0.155. The summed E-state index contributed by atoms with van der Waals surface area (Å²) in [4.78, 5) is 70.9. The van der Waals surface area contributed by atoms with Crippen molar-refractivity contribution in [1.29, 1.82) is 0 Å². The van der Waals surface area contributed by atoms with Crippen LogP contribution in [0.5, 0.6) is 0 Å². The van der Waals surface area contributed by atoms with Crippen molar-refractivity contribution in [3.05, 3.63) is 82.0 Å². The number of ketones is 2. The van der Waals surface area contributed by atoms with Gasteiger partial charge in [-0.1, -0.05) is 12.2 Å². The summed E-state index contributed by atoms with van der Waals surface area (Å²) in [5.41, 5.74) is 3.23. The third-order valence-electron chi connectivity index (χ3n) is 10.1. The van der Waals surface area contributed by atoms with E-state index in [1.54, 1.807) is 33.9 Å². The van der Waals surface area contributed by atoms with E-state index in [1.807, 2.05) is 25.1 Å². The van der Waals surface area contributed by atoms with Gasteiger partial charge in [0.2, 0.25) is 11.8 Å². The van der Waals surface area contributed by atoms with Gasteiger partial charge in [0.05, 0.1) is 23.7 Å². The molecule has 0 unspecified atom stereocenters. The Morgan fingerprint density at radius 2 is 1.82 bits per heavy atom. The van der Waals surface area contributed by atoms with Gasteiger partial charge < -0.3 is 9.80 Å². The lowest BCUT2D eigenvalue weighted by molar-refractivity contribution is -0.139. The van der Waals surface area contributed by atoms with Crippen LogP contribution < -0.4 is 0 Å². The maximum atomic E-state index is 14.5. The summed E-state index contributed by atoms with van der Waals surface area (Å²) in [5, 5.41) is 5.32. The zero-order valence-electron chi connectivity index (χ0n) is 28.2. The molecule has 1 aliphatic carbocycles. The minimum absolute atomic E-state index is 0.0239. The number of hydrogen-bond donors (Lipinski definition) is 0. The van der Waals surface area contributed by atoms with E-state index in [0.717, 1.165) is 16.7 Å². The molecule has 4 aromatic rings. The number of piperidine rings is 1. The second-order valence-electron chi connectivity index (χ2n) is 13.8. The Kier molecular flexibility index (Phi) is 8.96. The molecule has 1 saturated carbocycles. The standard InChI is InChI=1S/C37H37BrFN7O4/c1-21(47)35-28-11-24(25-17-40-22(2)41-18-25)10-23-8-6-4-5-7-9-33(49)44(3)20-37-15-29(30(48)14-27-12-26(39)13-32(38)42-27)46(31(37)16-37)34(50)19-45(43-35)36(23)28/h4,6,10-13,17-18,29,31H,5,7-9,14-16,19-20H2,1-3H3/b6-4+/t29-,31+,37-/m0/s1. The number of benzene rings is 1. The first kappa shape index (κ1) is 33.8. The van der Waals surface area contributed by atoms with Crippen LogP contribution in [0.3, 0.4) is 0 Å². The van der Waals surface area contributed by atoms with E-state index in [2.05, 4.69) is 37.0 Å². The molecule has 1 aromatic carbocycles. The zero-order chi connectivity index (χ0) is 35.3. The van der Waals surface area contributed by atoms with Crippen LogP contribution in [-0.4, -0.2) is 83.6 Å². The van der Waals surface area contributed by atoms with Crippen LogP contribution in [0, 0.1) is 18.2 Å². The number of pyridine rings is 1. The number of aromatic nitrogens is 5. The van der Waals surface area contributed by atoms with E-state index in [0.29, 0.717) is 61.8 Å². The summed E-state index contributed by atoms with van der Waals surface area (Å²) in [5.74, 6) is -0.645. The third-order valence-corrected chi connectivity index (χ3v) is 10.6. The van der Waals surface area contributed by atoms with Crippen molar-refractivity contribution >= 4 is 50.2 Å². The van der Waals surface area contributed by atoms with Crippen LogP contribution in [0.2, 0.25) is 0 Å². The maximum Gasteiger partial charge on any atom is 0.245 e. The highest BCUT2D eigenvalue weighted by Gasteiger charge is 2.67. The molecule has 3 aliphatic rings. The summed E-state index contributed by atoms with van der Waals surface area (Å²) in [6.45, 7) is 3.51. The normalized spacial score (nSPS) is 23.1. The first-order chi connectivity index (χ1) is 23.9. The molecule has 258 valence electrons. The predicted molar refractivity (Wildman–Crippen MR) is 187 cm³/mol. The summed E-state index contributed by atoms with van der Waals surface area (Å²) >= 11 is 3.20. The molecule has 50 heavy (non-hydrogen) atoms. The lowest BCUT2D eigenvalue weighted by atomic mass is 9.94. The van der Waals surface area contributed by atoms with E-state index in [9.17, 15) is 23.6 Å². The van der Waals surface area contributed by atoms with E-state index in [-0.39, 0.29) is 58.4 Å². The maximum absolute atomic E-state index is 14.5. The zero-order valence-corrected chi connectivity index (χ0v) is 29.7. The number of carbonyl (C=O) groups excluding carboxylic acids is 4. The first-order valence-electron chi connectivity index (χ1n) is 16.8. The molecule has 0 spiro atoms. The molecule has 0 N–H and O–H groups in total. The molecule has 13 heteroatoms.